The summed E-state index contributed by atoms with van der Waals surface area (Å²) in [5.74, 6) is -0.183. The number of amides is 1. The topological polar surface area (TPSA) is 76.1 Å². The Kier molecular flexibility index (Phi) is 4.76. The molecule has 0 bridgehead atoms. The number of nitrogens with zero attached hydrogens (tertiary/aromatic N) is 1. The first-order valence-corrected chi connectivity index (χ1v) is 8.36. The first-order valence-electron chi connectivity index (χ1n) is 8.36. The first-order chi connectivity index (χ1) is 11.5. The summed E-state index contributed by atoms with van der Waals surface area (Å²) in [5, 5.41) is 9.66. The van der Waals surface area contributed by atoms with E-state index in [1.165, 1.54) is 0 Å². The van der Waals surface area contributed by atoms with Gasteiger partial charge in [-0.2, -0.15) is 0 Å². The molecule has 2 aliphatic heterocycles. The Morgan fingerprint density at radius 2 is 2.12 bits per heavy atom. The number of benzene rings is 1. The molecule has 2 atom stereocenters. The molecule has 2 aliphatic rings. The van der Waals surface area contributed by atoms with Crippen molar-refractivity contribution < 1.29 is 24.2 Å². The third-order valence-electron chi connectivity index (χ3n) is 5.08. The Morgan fingerprint density at radius 1 is 1.38 bits per heavy atom. The van der Waals surface area contributed by atoms with Gasteiger partial charge < -0.3 is 19.5 Å². The lowest BCUT2D eigenvalue weighted by Crippen LogP contribution is -2.45. The van der Waals surface area contributed by atoms with E-state index in [1.807, 2.05) is 31.2 Å². The van der Waals surface area contributed by atoms with Gasteiger partial charge >= 0.3 is 5.97 Å². The number of carbonyl (C=O) groups is 2. The van der Waals surface area contributed by atoms with Crippen molar-refractivity contribution in [3.8, 4) is 5.75 Å². The molecule has 2 fully saturated rings. The molecule has 2 heterocycles. The largest absolute Gasteiger partial charge is 0.494 e. The molecule has 0 radical (unpaired) electrons. The molecule has 0 aliphatic carbocycles. The Morgan fingerprint density at radius 3 is 2.75 bits per heavy atom. The van der Waals surface area contributed by atoms with Crippen molar-refractivity contribution in [2.24, 2.45) is 11.3 Å². The number of rotatable bonds is 5. The fourth-order valence-electron chi connectivity index (χ4n) is 3.65. The summed E-state index contributed by atoms with van der Waals surface area (Å²) in [5.41, 5.74) is 0.0613. The minimum absolute atomic E-state index is 0.0332. The van der Waals surface area contributed by atoms with Crippen molar-refractivity contribution in [3.63, 3.8) is 0 Å². The van der Waals surface area contributed by atoms with Crippen LogP contribution in [0.4, 0.5) is 0 Å². The number of fused-ring (bicyclic) bond motifs is 1. The minimum atomic E-state index is -0.841. The minimum Gasteiger partial charge on any atom is -0.494 e. The van der Waals surface area contributed by atoms with E-state index in [-0.39, 0.29) is 24.8 Å². The molecule has 130 valence electrons. The van der Waals surface area contributed by atoms with Crippen molar-refractivity contribution in [1.82, 2.24) is 4.90 Å². The molecule has 0 saturated carbocycles. The Bertz CT molecular complexity index is 614. The molecule has 3 rings (SSSR count). The lowest BCUT2D eigenvalue weighted by Gasteiger charge is -2.33. The van der Waals surface area contributed by atoms with Crippen LogP contribution in [0.2, 0.25) is 0 Å². The van der Waals surface area contributed by atoms with Gasteiger partial charge in [-0.1, -0.05) is 12.1 Å². The van der Waals surface area contributed by atoms with Crippen LogP contribution in [-0.4, -0.2) is 54.8 Å². The zero-order valence-corrected chi connectivity index (χ0v) is 13.9. The normalized spacial score (nSPS) is 26.0. The second-order valence-electron chi connectivity index (χ2n) is 6.51. The van der Waals surface area contributed by atoms with E-state index < -0.39 is 11.4 Å². The zero-order valence-electron chi connectivity index (χ0n) is 13.9. The second kappa shape index (κ2) is 6.81. The van der Waals surface area contributed by atoms with Crippen LogP contribution in [0.5, 0.6) is 5.75 Å². The van der Waals surface area contributed by atoms with E-state index in [0.717, 1.165) is 11.3 Å². The predicted octanol–water partition coefficient (Wildman–Crippen LogP) is 1.58. The Hall–Kier alpha value is -2.08. The van der Waals surface area contributed by atoms with Crippen molar-refractivity contribution in [3.05, 3.63) is 29.8 Å². The van der Waals surface area contributed by atoms with Crippen LogP contribution in [-0.2, 0) is 20.7 Å². The number of aliphatic carboxylic acids is 1. The van der Waals surface area contributed by atoms with E-state index in [2.05, 4.69) is 0 Å². The van der Waals surface area contributed by atoms with Gasteiger partial charge in [-0.25, -0.2) is 0 Å². The van der Waals surface area contributed by atoms with Gasteiger partial charge in [0, 0.05) is 25.6 Å². The molecule has 0 aromatic heterocycles. The average molecular weight is 333 g/mol. The molecule has 1 N–H and O–H groups in total. The second-order valence-corrected chi connectivity index (χ2v) is 6.51. The van der Waals surface area contributed by atoms with E-state index in [1.54, 1.807) is 4.90 Å². The van der Waals surface area contributed by atoms with E-state index in [4.69, 9.17) is 9.47 Å². The van der Waals surface area contributed by atoms with Crippen LogP contribution in [0.3, 0.4) is 0 Å². The summed E-state index contributed by atoms with van der Waals surface area (Å²) >= 11 is 0. The van der Waals surface area contributed by atoms with Gasteiger partial charge in [0.1, 0.15) is 5.75 Å². The van der Waals surface area contributed by atoms with Crippen molar-refractivity contribution in [2.75, 3.05) is 32.9 Å². The van der Waals surface area contributed by atoms with Gasteiger partial charge in [0.2, 0.25) is 5.91 Å². The summed E-state index contributed by atoms with van der Waals surface area (Å²) in [6.45, 7) is 4.14. The lowest BCUT2D eigenvalue weighted by atomic mass is 9.74. The first kappa shape index (κ1) is 16.8. The zero-order chi connectivity index (χ0) is 17.2. The average Bonchev–Trinajstić information content (AvgIpc) is 2.98. The predicted molar refractivity (Wildman–Crippen MR) is 86.9 cm³/mol. The van der Waals surface area contributed by atoms with Crippen molar-refractivity contribution in [1.29, 1.82) is 0 Å². The van der Waals surface area contributed by atoms with Crippen LogP contribution in [0.1, 0.15) is 18.9 Å². The number of carbonyl (C=O) groups excluding carboxylic acids is 1. The van der Waals surface area contributed by atoms with Gasteiger partial charge in [-0.15, -0.1) is 0 Å². The maximum atomic E-state index is 12.6. The standard InChI is InChI=1S/C18H23NO5/c1-2-24-15-5-3-13(4-6-15)9-16(20)19-10-14-11-23-8-7-18(14,12-19)17(21)22/h3-6,14H,2,7-12H2,1H3,(H,21,22)/t14-,18+/m0/s1. The highest BCUT2D eigenvalue weighted by atomic mass is 16.5. The maximum absolute atomic E-state index is 12.6. The highest BCUT2D eigenvalue weighted by Crippen LogP contribution is 2.42. The molecule has 1 amide bonds. The van der Waals surface area contributed by atoms with Gasteiger partial charge in [-0.3, -0.25) is 9.59 Å². The van der Waals surface area contributed by atoms with E-state index in [9.17, 15) is 14.7 Å². The van der Waals surface area contributed by atoms with E-state index in [0.29, 0.717) is 32.8 Å². The number of likely N-dealkylation sites (tertiary alicyclic amines) is 1. The van der Waals surface area contributed by atoms with Crippen molar-refractivity contribution >= 4 is 11.9 Å². The SMILES string of the molecule is CCOc1ccc(CC(=O)N2C[C@H]3COCC[C@@]3(C(=O)O)C2)cc1. The molecule has 6 nitrogen and oxygen atoms in total. The van der Waals surface area contributed by atoms with Crippen LogP contribution in [0.15, 0.2) is 24.3 Å². The molecule has 6 heteroatoms. The van der Waals surface area contributed by atoms with Gasteiger partial charge in [0.15, 0.2) is 0 Å². The molecule has 1 aromatic carbocycles. The van der Waals surface area contributed by atoms with Gasteiger partial charge in [-0.05, 0) is 31.0 Å². The molecular weight excluding hydrogens is 310 g/mol. The molecule has 0 spiro atoms. The molecule has 2 saturated heterocycles. The number of hydrogen-bond acceptors (Lipinski definition) is 4. The number of ether oxygens (including phenoxy) is 2. The van der Waals surface area contributed by atoms with Crippen molar-refractivity contribution in [2.45, 2.75) is 19.8 Å². The molecular formula is C18H23NO5. The van der Waals surface area contributed by atoms with Crippen LogP contribution >= 0.6 is 0 Å². The Balaban J connectivity index is 1.66. The highest BCUT2D eigenvalue weighted by Gasteiger charge is 2.54. The summed E-state index contributed by atoms with van der Waals surface area (Å²) in [4.78, 5) is 26.1. The number of hydrogen-bond donors (Lipinski definition) is 1. The fraction of sp³-hybridized carbons (Fsp3) is 0.556. The third-order valence-corrected chi connectivity index (χ3v) is 5.08. The summed E-state index contributed by atoms with van der Waals surface area (Å²) in [6.07, 6.45) is 0.746. The lowest BCUT2D eigenvalue weighted by molar-refractivity contribution is -0.157. The van der Waals surface area contributed by atoms with Gasteiger partial charge in [0.05, 0.1) is 25.0 Å². The summed E-state index contributed by atoms with van der Waals surface area (Å²) < 4.78 is 10.8. The molecule has 1 aromatic rings. The maximum Gasteiger partial charge on any atom is 0.311 e. The third kappa shape index (κ3) is 3.11. The van der Waals surface area contributed by atoms with Crippen LogP contribution in [0, 0.1) is 11.3 Å². The fourth-order valence-corrected chi connectivity index (χ4v) is 3.65. The quantitative estimate of drug-likeness (QED) is 0.885. The molecule has 0 unspecified atom stereocenters. The number of carboxylic acids is 1. The summed E-state index contributed by atoms with van der Waals surface area (Å²) in [6, 6.07) is 7.45. The molecule has 24 heavy (non-hydrogen) atoms. The van der Waals surface area contributed by atoms with Gasteiger partial charge in [0.25, 0.3) is 0 Å². The van der Waals surface area contributed by atoms with Crippen LogP contribution in [0.25, 0.3) is 0 Å². The Labute approximate surface area is 141 Å². The highest BCUT2D eigenvalue weighted by molar-refractivity contribution is 5.82. The smallest absolute Gasteiger partial charge is 0.311 e. The summed E-state index contributed by atoms with van der Waals surface area (Å²) in [7, 11) is 0. The van der Waals surface area contributed by atoms with E-state index >= 15 is 0 Å². The monoisotopic (exact) mass is 333 g/mol. The number of carboxylic acid groups (broad SMARTS) is 1. The van der Waals surface area contributed by atoms with Crippen LogP contribution < -0.4 is 4.74 Å².